The van der Waals surface area contributed by atoms with Crippen molar-refractivity contribution in [3.8, 4) is 0 Å². The van der Waals surface area contributed by atoms with Gasteiger partial charge < -0.3 is 14.6 Å². The van der Waals surface area contributed by atoms with Crippen molar-refractivity contribution < 1.29 is 14.6 Å². The summed E-state index contributed by atoms with van der Waals surface area (Å²) in [5.74, 6) is 0. The summed E-state index contributed by atoms with van der Waals surface area (Å²) in [7, 11) is 1.67. The highest BCUT2D eigenvalue weighted by atomic mass is 16.5. The fourth-order valence-electron chi connectivity index (χ4n) is 1.36. The molecule has 1 rings (SSSR count). The van der Waals surface area contributed by atoms with E-state index in [1.165, 1.54) is 0 Å². The van der Waals surface area contributed by atoms with Crippen LogP contribution in [-0.2, 0) is 9.47 Å². The molecule has 1 N–H and O–H groups in total. The average Bonchev–Trinajstić information content (AvgIpc) is 2.07. The predicted molar refractivity (Wildman–Crippen MR) is 49.8 cm³/mol. The second kappa shape index (κ2) is 6.32. The topological polar surface area (TPSA) is 41.9 Å². The van der Waals surface area contributed by atoms with E-state index in [2.05, 4.69) is 4.90 Å². The lowest BCUT2D eigenvalue weighted by atomic mass is 10.1. The molecule has 0 unspecified atom stereocenters. The molecule has 1 aliphatic heterocycles. The SMILES string of the molecule is COCCOCCCN1CC(O)C1. The summed E-state index contributed by atoms with van der Waals surface area (Å²) in [6.07, 6.45) is 0.950. The molecule has 13 heavy (non-hydrogen) atoms. The van der Waals surface area contributed by atoms with Gasteiger partial charge in [0.1, 0.15) is 0 Å². The van der Waals surface area contributed by atoms with Gasteiger partial charge in [-0.2, -0.15) is 0 Å². The van der Waals surface area contributed by atoms with E-state index >= 15 is 0 Å². The number of rotatable bonds is 7. The van der Waals surface area contributed by atoms with Gasteiger partial charge in [-0.25, -0.2) is 0 Å². The Hall–Kier alpha value is -0.160. The third-order valence-corrected chi connectivity index (χ3v) is 2.13. The van der Waals surface area contributed by atoms with Crippen molar-refractivity contribution in [1.82, 2.24) is 4.90 Å². The lowest BCUT2D eigenvalue weighted by Gasteiger charge is -2.35. The maximum atomic E-state index is 9.00. The zero-order valence-electron chi connectivity index (χ0n) is 8.24. The summed E-state index contributed by atoms with van der Waals surface area (Å²) in [6.45, 7) is 4.83. The molecule has 4 heteroatoms. The summed E-state index contributed by atoms with van der Waals surface area (Å²) in [4.78, 5) is 2.23. The van der Waals surface area contributed by atoms with Crippen molar-refractivity contribution in [2.24, 2.45) is 0 Å². The number of methoxy groups -OCH3 is 1. The van der Waals surface area contributed by atoms with Crippen LogP contribution in [-0.4, -0.2) is 62.7 Å². The standard InChI is InChI=1S/C9H19NO3/c1-12-5-6-13-4-2-3-10-7-9(11)8-10/h9,11H,2-8H2,1H3. The fraction of sp³-hybridized carbons (Fsp3) is 1.00. The van der Waals surface area contributed by atoms with Gasteiger partial charge in [0.2, 0.25) is 0 Å². The third kappa shape index (κ3) is 4.57. The fourth-order valence-corrected chi connectivity index (χ4v) is 1.36. The first kappa shape index (κ1) is 10.9. The van der Waals surface area contributed by atoms with E-state index in [0.29, 0.717) is 13.2 Å². The molecule has 0 radical (unpaired) electrons. The van der Waals surface area contributed by atoms with Crippen molar-refractivity contribution in [1.29, 1.82) is 0 Å². The number of β-amino-alcohol motifs (C(OH)–C–C–N with tert-alkyl or cyclic N) is 1. The molecule has 0 bridgehead atoms. The average molecular weight is 189 g/mol. The maximum absolute atomic E-state index is 9.00. The second-order valence-corrected chi connectivity index (χ2v) is 3.37. The maximum Gasteiger partial charge on any atom is 0.0793 e. The van der Waals surface area contributed by atoms with Crippen LogP contribution in [0, 0.1) is 0 Å². The largest absolute Gasteiger partial charge is 0.390 e. The van der Waals surface area contributed by atoms with Crippen LogP contribution in [0.5, 0.6) is 0 Å². The van der Waals surface area contributed by atoms with Crippen molar-refractivity contribution in [3.05, 3.63) is 0 Å². The Morgan fingerprint density at radius 1 is 1.31 bits per heavy atom. The normalized spacial score (nSPS) is 18.9. The first-order chi connectivity index (χ1) is 6.33. The Bertz CT molecular complexity index is 126. The van der Waals surface area contributed by atoms with E-state index in [4.69, 9.17) is 14.6 Å². The van der Waals surface area contributed by atoms with Crippen molar-refractivity contribution >= 4 is 0 Å². The smallest absolute Gasteiger partial charge is 0.0793 e. The van der Waals surface area contributed by atoms with Crippen LogP contribution >= 0.6 is 0 Å². The summed E-state index contributed by atoms with van der Waals surface area (Å²) < 4.78 is 10.2. The van der Waals surface area contributed by atoms with Gasteiger partial charge >= 0.3 is 0 Å². The highest BCUT2D eigenvalue weighted by Crippen LogP contribution is 2.06. The number of nitrogens with zero attached hydrogens (tertiary/aromatic N) is 1. The van der Waals surface area contributed by atoms with Gasteiger partial charge in [0.25, 0.3) is 0 Å². The zero-order chi connectivity index (χ0) is 9.52. The molecule has 0 saturated carbocycles. The van der Waals surface area contributed by atoms with Crippen LogP contribution in [0.15, 0.2) is 0 Å². The molecule has 1 saturated heterocycles. The Morgan fingerprint density at radius 2 is 2.08 bits per heavy atom. The summed E-state index contributed by atoms with van der Waals surface area (Å²) >= 11 is 0. The number of aliphatic hydroxyl groups excluding tert-OH is 1. The molecule has 1 aliphatic rings. The van der Waals surface area contributed by atoms with Crippen LogP contribution < -0.4 is 0 Å². The van der Waals surface area contributed by atoms with E-state index in [-0.39, 0.29) is 6.10 Å². The highest BCUT2D eigenvalue weighted by Gasteiger charge is 2.22. The third-order valence-electron chi connectivity index (χ3n) is 2.13. The minimum absolute atomic E-state index is 0.0885. The molecule has 0 spiro atoms. The summed E-state index contributed by atoms with van der Waals surface area (Å²) in [5.41, 5.74) is 0. The van der Waals surface area contributed by atoms with E-state index < -0.39 is 0 Å². The van der Waals surface area contributed by atoms with Gasteiger partial charge in [-0.1, -0.05) is 0 Å². The lowest BCUT2D eigenvalue weighted by molar-refractivity contribution is -0.00494. The quantitative estimate of drug-likeness (QED) is 0.559. The number of hydrogen-bond acceptors (Lipinski definition) is 4. The van der Waals surface area contributed by atoms with Crippen LogP contribution in [0.4, 0.5) is 0 Å². The Labute approximate surface area is 79.4 Å². The number of hydrogen-bond donors (Lipinski definition) is 1. The molecule has 0 aliphatic carbocycles. The Balaban J connectivity index is 1.74. The Morgan fingerprint density at radius 3 is 2.69 bits per heavy atom. The number of likely N-dealkylation sites (tertiary alicyclic amines) is 1. The van der Waals surface area contributed by atoms with Crippen LogP contribution in [0.3, 0.4) is 0 Å². The van der Waals surface area contributed by atoms with E-state index in [1.54, 1.807) is 7.11 Å². The van der Waals surface area contributed by atoms with Crippen molar-refractivity contribution in [2.75, 3.05) is 46.6 Å². The number of ether oxygens (including phenoxy) is 2. The molecule has 0 atom stereocenters. The second-order valence-electron chi connectivity index (χ2n) is 3.37. The predicted octanol–water partition coefficient (Wildman–Crippen LogP) is -0.284. The minimum Gasteiger partial charge on any atom is -0.390 e. The Kier molecular flexibility index (Phi) is 5.31. The molecule has 1 heterocycles. The van der Waals surface area contributed by atoms with Crippen LogP contribution in [0.2, 0.25) is 0 Å². The van der Waals surface area contributed by atoms with Gasteiger partial charge in [0.05, 0.1) is 19.3 Å². The van der Waals surface area contributed by atoms with Crippen LogP contribution in [0.1, 0.15) is 6.42 Å². The molecule has 78 valence electrons. The lowest BCUT2D eigenvalue weighted by Crippen LogP contribution is -2.50. The van der Waals surface area contributed by atoms with Gasteiger partial charge in [-0.15, -0.1) is 0 Å². The summed E-state index contributed by atoms with van der Waals surface area (Å²) in [5, 5.41) is 9.00. The van der Waals surface area contributed by atoms with Gasteiger partial charge in [-0.05, 0) is 6.42 Å². The molecule has 4 nitrogen and oxygen atoms in total. The van der Waals surface area contributed by atoms with Crippen molar-refractivity contribution in [2.45, 2.75) is 12.5 Å². The minimum atomic E-state index is -0.0885. The monoisotopic (exact) mass is 189 g/mol. The molecular weight excluding hydrogens is 170 g/mol. The van der Waals surface area contributed by atoms with Gasteiger partial charge in [0.15, 0.2) is 0 Å². The summed E-state index contributed by atoms with van der Waals surface area (Å²) in [6, 6.07) is 0. The zero-order valence-corrected chi connectivity index (χ0v) is 8.24. The van der Waals surface area contributed by atoms with E-state index in [9.17, 15) is 0 Å². The van der Waals surface area contributed by atoms with Crippen LogP contribution in [0.25, 0.3) is 0 Å². The molecule has 0 amide bonds. The highest BCUT2D eigenvalue weighted by molar-refractivity contribution is 4.77. The first-order valence-corrected chi connectivity index (χ1v) is 4.80. The number of aliphatic hydroxyl groups is 1. The molecular formula is C9H19NO3. The van der Waals surface area contributed by atoms with E-state index in [1.807, 2.05) is 0 Å². The van der Waals surface area contributed by atoms with Gasteiger partial charge in [0, 0.05) is 33.4 Å². The molecule has 0 aromatic heterocycles. The molecule has 0 aromatic rings. The van der Waals surface area contributed by atoms with E-state index in [0.717, 1.165) is 32.7 Å². The molecule has 1 fully saturated rings. The molecule has 0 aromatic carbocycles. The van der Waals surface area contributed by atoms with Crippen molar-refractivity contribution in [3.63, 3.8) is 0 Å². The first-order valence-electron chi connectivity index (χ1n) is 4.80. The van der Waals surface area contributed by atoms with Gasteiger partial charge in [-0.3, -0.25) is 4.90 Å².